The van der Waals surface area contributed by atoms with Crippen molar-refractivity contribution in [1.29, 1.82) is 0 Å². The van der Waals surface area contributed by atoms with Crippen molar-refractivity contribution < 1.29 is 9.53 Å². The fraction of sp³-hybridized carbons (Fsp3) is 0.174. The van der Waals surface area contributed by atoms with Gasteiger partial charge < -0.3 is 10.1 Å². The first-order valence-corrected chi connectivity index (χ1v) is 8.73. The molecular formula is C23H23NO2. The highest BCUT2D eigenvalue weighted by molar-refractivity contribution is 5.92. The van der Waals surface area contributed by atoms with Crippen LogP contribution in [0, 0.1) is 13.8 Å². The van der Waals surface area contributed by atoms with Crippen molar-refractivity contribution in [2.75, 3.05) is 5.32 Å². The zero-order valence-electron chi connectivity index (χ0n) is 15.2. The standard InChI is InChI=1S/C23H23NO2/c1-17-8-9-20(14-18(17)2)15-23(25)24-21-10-12-22(13-11-21)26-16-19-6-4-3-5-7-19/h3-14H,15-16H2,1-2H3,(H,24,25). The Labute approximate surface area is 154 Å². The molecule has 3 rings (SSSR count). The lowest BCUT2D eigenvalue weighted by molar-refractivity contribution is -0.115. The summed E-state index contributed by atoms with van der Waals surface area (Å²) < 4.78 is 5.76. The molecule has 0 aliphatic heterocycles. The zero-order valence-corrected chi connectivity index (χ0v) is 15.2. The van der Waals surface area contributed by atoms with E-state index in [2.05, 4.69) is 31.3 Å². The average molecular weight is 345 g/mol. The molecule has 1 amide bonds. The van der Waals surface area contributed by atoms with Crippen molar-refractivity contribution in [2.24, 2.45) is 0 Å². The molecule has 0 fully saturated rings. The van der Waals surface area contributed by atoms with Crippen LogP contribution in [0.15, 0.2) is 72.8 Å². The Balaban J connectivity index is 1.53. The van der Waals surface area contributed by atoms with Crippen LogP contribution >= 0.6 is 0 Å². The molecule has 0 aromatic heterocycles. The Morgan fingerprint density at radius 1 is 0.846 bits per heavy atom. The molecule has 3 aromatic rings. The predicted octanol–water partition coefficient (Wildman–Crippen LogP) is 5.06. The SMILES string of the molecule is Cc1ccc(CC(=O)Nc2ccc(OCc3ccccc3)cc2)cc1C. The molecule has 0 spiro atoms. The fourth-order valence-corrected chi connectivity index (χ4v) is 2.68. The fourth-order valence-electron chi connectivity index (χ4n) is 2.68. The van der Waals surface area contributed by atoms with E-state index in [9.17, 15) is 4.79 Å². The van der Waals surface area contributed by atoms with Gasteiger partial charge in [-0.15, -0.1) is 0 Å². The molecule has 0 saturated heterocycles. The van der Waals surface area contributed by atoms with Crippen LogP contribution < -0.4 is 10.1 Å². The Morgan fingerprint density at radius 2 is 1.58 bits per heavy atom. The Morgan fingerprint density at radius 3 is 2.27 bits per heavy atom. The third-order valence-electron chi connectivity index (χ3n) is 4.32. The quantitative estimate of drug-likeness (QED) is 0.678. The second-order valence-electron chi connectivity index (χ2n) is 6.44. The van der Waals surface area contributed by atoms with Gasteiger partial charge in [0.1, 0.15) is 12.4 Å². The minimum atomic E-state index is -0.0220. The maximum atomic E-state index is 12.2. The van der Waals surface area contributed by atoms with Gasteiger partial charge in [-0.1, -0.05) is 48.5 Å². The van der Waals surface area contributed by atoms with E-state index in [1.165, 1.54) is 11.1 Å². The molecule has 3 aromatic carbocycles. The van der Waals surface area contributed by atoms with Gasteiger partial charge in [-0.25, -0.2) is 0 Å². The van der Waals surface area contributed by atoms with E-state index in [-0.39, 0.29) is 5.91 Å². The second kappa shape index (κ2) is 8.34. The highest BCUT2D eigenvalue weighted by Gasteiger charge is 2.06. The number of carbonyl (C=O) groups excluding carboxylic acids is 1. The molecule has 0 atom stereocenters. The summed E-state index contributed by atoms with van der Waals surface area (Å²) in [7, 11) is 0. The van der Waals surface area contributed by atoms with Crippen LogP contribution in [-0.2, 0) is 17.8 Å². The molecule has 3 heteroatoms. The summed E-state index contributed by atoms with van der Waals surface area (Å²) in [5, 5.41) is 2.93. The smallest absolute Gasteiger partial charge is 0.228 e. The van der Waals surface area contributed by atoms with E-state index in [1.54, 1.807) is 0 Å². The number of benzene rings is 3. The second-order valence-corrected chi connectivity index (χ2v) is 6.44. The first-order valence-electron chi connectivity index (χ1n) is 8.73. The molecule has 1 N–H and O–H groups in total. The van der Waals surface area contributed by atoms with Crippen molar-refractivity contribution in [2.45, 2.75) is 26.9 Å². The lowest BCUT2D eigenvalue weighted by atomic mass is 10.0. The lowest BCUT2D eigenvalue weighted by Gasteiger charge is -2.09. The summed E-state index contributed by atoms with van der Waals surface area (Å²) in [6.45, 7) is 4.66. The van der Waals surface area contributed by atoms with Crippen LogP contribution in [0.2, 0.25) is 0 Å². The number of hydrogen-bond donors (Lipinski definition) is 1. The predicted molar refractivity (Wildman–Crippen MR) is 105 cm³/mol. The molecule has 0 radical (unpaired) electrons. The van der Waals surface area contributed by atoms with Crippen molar-refractivity contribution in [3.63, 3.8) is 0 Å². The molecule has 0 unspecified atom stereocenters. The number of nitrogens with one attached hydrogen (secondary N) is 1. The molecule has 0 bridgehead atoms. The van der Waals surface area contributed by atoms with Crippen LogP contribution in [0.1, 0.15) is 22.3 Å². The van der Waals surface area contributed by atoms with Crippen molar-refractivity contribution in [3.8, 4) is 5.75 Å². The van der Waals surface area contributed by atoms with Gasteiger partial charge >= 0.3 is 0 Å². The first-order chi connectivity index (χ1) is 12.6. The molecule has 26 heavy (non-hydrogen) atoms. The van der Waals surface area contributed by atoms with Crippen molar-refractivity contribution in [3.05, 3.63) is 95.1 Å². The molecule has 132 valence electrons. The normalized spacial score (nSPS) is 10.4. The van der Waals surface area contributed by atoms with Gasteiger partial charge in [0.2, 0.25) is 5.91 Å². The number of anilines is 1. The summed E-state index contributed by atoms with van der Waals surface area (Å²) >= 11 is 0. The van der Waals surface area contributed by atoms with Crippen LogP contribution in [-0.4, -0.2) is 5.91 Å². The maximum absolute atomic E-state index is 12.2. The maximum Gasteiger partial charge on any atom is 0.228 e. The molecule has 0 saturated carbocycles. The number of aryl methyl sites for hydroxylation is 2. The Hall–Kier alpha value is -3.07. The van der Waals surface area contributed by atoms with Crippen molar-refractivity contribution >= 4 is 11.6 Å². The van der Waals surface area contributed by atoms with E-state index < -0.39 is 0 Å². The molecule has 0 aliphatic carbocycles. The van der Waals surface area contributed by atoms with E-state index in [4.69, 9.17) is 4.74 Å². The van der Waals surface area contributed by atoms with Crippen LogP contribution in [0.5, 0.6) is 5.75 Å². The minimum Gasteiger partial charge on any atom is -0.489 e. The van der Waals surface area contributed by atoms with E-state index in [0.29, 0.717) is 13.0 Å². The highest BCUT2D eigenvalue weighted by atomic mass is 16.5. The summed E-state index contributed by atoms with van der Waals surface area (Å²) in [4.78, 5) is 12.2. The summed E-state index contributed by atoms with van der Waals surface area (Å²) in [6.07, 6.45) is 0.368. The third-order valence-corrected chi connectivity index (χ3v) is 4.32. The zero-order chi connectivity index (χ0) is 18.4. The van der Waals surface area contributed by atoms with Gasteiger partial charge in [0.05, 0.1) is 6.42 Å². The van der Waals surface area contributed by atoms with Gasteiger partial charge in [0.15, 0.2) is 0 Å². The molecule has 0 heterocycles. The summed E-state index contributed by atoms with van der Waals surface area (Å²) in [6, 6.07) is 23.6. The summed E-state index contributed by atoms with van der Waals surface area (Å²) in [5.74, 6) is 0.757. The number of rotatable bonds is 6. The third kappa shape index (κ3) is 4.96. The lowest BCUT2D eigenvalue weighted by Crippen LogP contribution is -2.14. The largest absolute Gasteiger partial charge is 0.489 e. The minimum absolute atomic E-state index is 0.0220. The van der Waals surface area contributed by atoms with E-state index in [0.717, 1.165) is 22.6 Å². The van der Waals surface area contributed by atoms with Crippen LogP contribution in [0.4, 0.5) is 5.69 Å². The van der Waals surface area contributed by atoms with Gasteiger partial charge in [-0.05, 0) is 60.4 Å². The number of hydrogen-bond acceptors (Lipinski definition) is 2. The van der Waals surface area contributed by atoms with Crippen LogP contribution in [0.25, 0.3) is 0 Å². The topological polar surface area (TPSA) is 38.3 Å². The summed E-state index contributed by atoms with van der Waals surface area (Å²) in [5.41, 5.74) is 5.35. The monoisotopic (exact) mass is 345 g/mol. The van der Waals surface area contributed by atoms with Gasteiger partial charge in [0, 0.05) is 5.69 Å². The Bertz CT molecular complexity index is 870. The highest BCUT2D eigenvalue weighted by Crippen LogP contribution is 2.18. The molecule has 0 aliphatic rings. The molecule has 3 nitrogen and oxygen atoms in total. The number of amides is 1. The van der Waals surface area contributed by atoms with Crippen LogP contribution in [0.3, 0.4) is 0 Å². The number of ether oxygens (including phenoxy) is 1. The molecular weight excluding hydrogens is 322 g/mol. The first kappa shape index (κ1) is 17.7. The Kier molecular flexibility index (Phi) is 5.69. The van der Waals surface area contributed by atoms with E-state index >= 15 is 0 Å². The van der Waals surface area contributed by atoms with Crippen molar-refractivity contribution in [1.82, 2.24) is 0 Å². The van der Waals surface area contributed by atoms with Gasteiger partial charge in [0.25, 0.3) is 0 Å². The van der Waals surface area contributed by atoms with Gasteiger partial charge in [-0.3, -0.25) is 4.79 Å². The average Bonchev–Trinajstić information content (AvgIpc) is 2.65. The number of carbonyl (C=O) groups is 1. The van der Waals surface area contributed by atoms with E-state index in [1.807, 2.05) is 60.7 Å². The van der Waals surface area contributed by atoms with Gasteiger partial charge in [-0.2, -0.15) is 0 Å².